The van der Waals surface area contributed by atoms with Gasteiger partial charge in [-0.3, -0.25) is 4.79 Å². The number of pyridine rings is 1. The average molecular weight is 225 g/mol. The number of imidazole rings is 1. The molecule has 0 amide bonds. The smallest absolute Gasteiger partial charge is 0.248 e. The highest BCUT2D eigenvalue weighted by molar-refractivity contribution is 5.79. The molecule has 0 saturated carbocycles. The Labute approximate surface area is 97.6 Å². The van der Waals surface area contributed by atoms with Gasteiger partial charge in [0.1, 0.15) is 0 Å². The zero-order valence-corrected chi connectivity index (χ0v) is 9.34. The number of rotatable bonds is 1. The van der Waals surface area contributed by atoms with Crippen molar-refractivity contribution < 1.29 is 0 Å². The van der Waals surface area contributed by atoms with Crippen molar-refractivity contribution in [3.63, 3.8) is 0 Å². The van der Waals surface area contributed by atoms with Crippen molar-refractivity contribution in [1.29, 1.82) is 0 Å². The van der Waals surface area contributed by atoms with Crippen molar-refractivity contribution in [2.24, 2.45) is 7.05 Å². The van der Waals surface area contributed by atoms with Gasteiger partial charge in [-0.15, -0.1) is 0 Å². The standard InChI is InChI=1S/C13H11N3O/c1-16-11-7-3-2-5-9(11)15-13(16)10-6-4-8-12(17)14-10/h2-8H,1H3,(H,14,17). The molecule has 0 aliphatic heterocycles. The molecule has 84 valence electrons. The molecule has 4 nitrogen and oxygen atoms in total. The van der Waals surface area contributed by atoms with Gasteiger partial charge >= 0.3 is 0 Å². The van der Waals surface area contributed by atoms with Crippen LogP contribution in [-0.2, 0) is 7.05 Å². The summed E-state index contributed by atoms with van der Waals surface area (Å²) in [7, 11) is 1.94. The Kier molecular flexibility index (Phi) is 2.08. The van der Waals surface area contributed by atoms with Gasteiger partial charge in [0.2, 0.25) is 5.56 Å². The molecule has 2 heterocycles. The fraction of sp³-hybridized carbons (Fsp3) is 0.0769. The zero-order valence-electron chi connectivity index (χ0n) is 9.34. The third-order valence-corrected chi connectivity index (χ3v) is 2.80. The van der Waals surface area contributed by atoms with E-state index in [2.05, 4.69) is 9.97 Å². The lowest BCUT2D eigenvalue weighted by Gasteiger charge is -2.01. The molecular weight excluding hydrogens is 214 g/mol. The van der Waals surface area contributed by atoms with Crippen LogP contribution in [-0.4, -0.2) is 14.5 Å². The van der Waals surface area contributed by atoms with E-state index in [9.17, 15) is 4.79 Å². The van der Waals surface area contributed by atoms with Crippen LogP contribution in [0.4, 0.5) is 0 Å². The first-order valence-electron chi connectivity index (χ1n) is 5.37. The van der Waals surface area contributed by atoms with Crippen LogP contribution < -0.4 is 5.56 Å². The molecule has 1 N–H and O–H groups in total. The van der Waals surface area contributed by atoms with Crippen LogP contribution in [0.25, 0.3) is 22.6 Å². The van der Waals surface area contributed by atoms with E-state index in [0.717, 1.165) is 22.6 Å². The minimum Gasteiger partial charge on any atom is -0.326 e. The van der Waals surface area contributed by atoms with Gasteiger partial charge in [0, 0.05) is 13.1 Å². The quantitative estimate of drug-likeness (QED) is 0.688. The van der Waals surface area contributed by atoms with E-state index in [4.69, 9.17) is 0 Å². The van der Waals surface area contributed by atoms with E-state index >= 15 is 0 Å². The van der Waals surface area contributed by atoms with Gasteiger partial charge in [0.05, 0.1) is 16.7 Å². The minimum absolute atomic E-state index is 0.116. The second-order valence-electron chi connectivity index (χ2n) is 3.91. The Morgan fingerprint density at radius 1 is 1.12 bits per heavy atom. The van der Waals surface area contributed by atoms with Gasteiger partial charge in [-0.1, -0.05) is 18.2 Å². The van der Waals surface area contributed by atoms with Crippen LogP contribution in [0.1, 0.15) is 0 Å². The summed E-state index contributed by atoms with van der Waals surface area (Å²) in [6, 6.07) is 13.0. The van der Waals surface area contributed by atoms with Crippen molar-refractivity contribution >= 4 is 11.0 Å². The van der Waals surface area contributed by atoms with E-state index in [0.29, 0.717) is 0 Å². The van der Waals surface area contributed by atoms with Crippen molar-refractivity contribution in [3.05, 3.63) is 52.8 Å². The third kappa shape index (κ3) is 1.54. The van der Waals surface area contributed by atoms with E-state index in [1.165, 1.54) is 6.07 Å². The Hall–Kier alpha value is -2.36. The molecule has 0 saturated heterocycles. The van der Waals surface area contributed by atoms with Gasteiger partial charge in [-0.05, 0) is 18.2 Å². The van der Waals surface area contributed by atoms with E-state index in [-0.39, 0.29) is 5.56 Å². The van der Waals surface area contributed by atoms with Gasteiger partial charge in [-0.25, -0.2) is 4.98 Å². The van der Waals surface area contributed by atoms with Crippen LogP contribution in [0.5, 0.6) is 0 Å². The van der Waals surface area contributed by atoms with Crippen molar-refractivity contribution in [2.75, 3.05) is 0 Å². The van der Waals surface area contributed by atoms with E-state index in [1.54, 1.807) is 6.07 Å². The van der Waals surface area contributed by atoms with Crippen LogP contribution in [0.15, 0.2) is 47.3 Å². The molecule has 3 rings (SSSR count). The SMILES string of the molecule is Cn1c(-c2cccc(=O)[nH]2)nc2ccccc21. The largest absolute Gasteiger partial charge is 0.326 e. The summed E-state index contributed by atoms with van der Waals surface area (Å²) in [5.74, 6) is 0.768. The monoisotopic (exact) mass is 225 g/mol. The Morgan fingerprint density at radius 2 is 1.94 bits per heavy atom. The maximum absolute atomic E-state index is 11.3. The summed E-state index contributed by atoms with van der Waals surface area (Å²) in [5, 5.41) is 0. The summed E-state index contributed by atoms with van der Waals surface area (Å²) < 4.78 is 1.97. The molecular formula is C13H11N3O. The molecule has 2 aromatic heterocycles. The molecule has 0 fully saturated rings. The van der Waals surface area contributed by atoms with Gasteiger partial charge < -0.3 is 9.55 Å². The van der Waals surface area contributed by atoms with Gasteiger partial charge in [0.25, 0.3) is 0 Å². The molecule has 1 aromatic carbocycles. The number of benzene rings is 1. The molecule has 0 spiro atoms. The lowest BCUT2D eigenvalue weighted by atomic mass is 10.3. The fourth-order valence-electron chi connectivity index (χ4n) is 1.96. The summed E-state index contributed by atoms with van der Waals surface area (Å²) in [6.45, 7) is 0. The maximum atomic E-state index is 11.3. The van der Waals surface area contributed by atoms with E-state index < -0.39 is 0 Å². The molecule has 4 heteroatoms. The lowest BCUT2D eigenvalue weighted by Crippen LogP contribution is -2.05. The van der Waals surface area contributed by atoms with Gasteiger partial charge in [-0.2, -0.15) is 0 Å². The number of hydrogen-bond donors (Lipinski definition) is 1. The minimum atomic E-state index is -0.116. The number of aryl methyl sites for hydroxylation is 1. The number of aromatic nitrogens is 3. The second-order valence-corrected chi connectivity index (χ2v) is 3.91. The third-order valence-electron chi connectivity index (χ3n) is 2.80. The highest BCUT2D eigenvalue weighted by Gasteiger charge is 2.09. The Bertz CT molecular complexity index is 740. The molecule has 0 aliphatic rings. The van der Waals surface area contributed by atoms with Crippen LogP contribution in [0, 0.1) is 0 Å². The second kappa shape index (κ2) is 3.59. The highest BCUT2D eigenvalue weighted by atomic mass is 16.1. The number of hydrogen-bond acceptors (Lipinski definition) is 2. The van der Waals surface area contributed by atoms with Crippen molar-refractivity contribution in [2.45, 2.75) is 0 Å². The molecule has 0 bridgehead atoms. The molecule has 17 heavy (non-hydrogen) atoms. The predicted octanol–water partition coefficient (Wildman–Crippen LogP) is 1.93. The van der Waals surface area contributed by atoms with Crippen LogP contribution >= 0.6 is 0 Å². The van der Waals surface area contributed by atoms with Crippen LogP contribution in [0.3, 0.4) is 0 Å². The summed E-state index contributed by atoms with van der Waals surface area (Å²) in [6.07, 6.45) is 0. The number of nitrogens with one attached hydrogen (secondary N) is 1. The Balaban J connectivity index is 2.31. The predicted molar refractivity (Wildman–Crippen MR) is 66.8 cm³/mol. The number of para-hydroxylation sites is 2. The lowest BCUT2D eigenvalue weighted by molar-refractivity contribution is 0.948. The highest BCUT2D eigenvalue weighted by Crippen LogP contribution is 2.20. The zero-order chi connectivity index (χ0) is 11.8. The number of fused-ring (bicyclic) bond motifs is 1. The van der Waals surface area contributed by atoms with Crippen LogP contribution in [0.2, 0.25) is 0 Å². The first-order valence-corrected chi connectivity index (χ1v) is 5.37. The maximum Gasteiger partial charge on any atom is 0.248 e. The Morgan fingerprint density at radius 3 is 2.71 bits per heavy atom. The number of H-pyrrole nitrogens is 1. The number of aromatic amines is 1. The summed E-state index contributed by atoms with van der Waals surface area (Å²) in [5.41, 5.74) is 2.59. The first-order chi connectivity index (χ1) is 8.25. The molecule has 0 unspecified atom stereocenters. The normalized spacial score (nSPS) is 10.9. The topological polar surface area (TPSA) is 50.7 Å². The van der Waals surface area contributed by atoms with E-state index in [1.807, 2.05) is 41.9 Å². The fourth-order valence-corrected chi connectivity index (χ4v) is 1.96. The molecule has 0 atom stereocenters. The average Bonchev–Trinajstić information content (AvgIpc) is 2.68. The summed E-state index contributed by atoms with van der Waals surface area (Å²) >= 11 is 0. The van der Waals surface area contributed by atoms with Crippen molar-refractivity contribution in [3.8, 4) is 11.5 Å². The molecule has 3 aromatic rings. The number of nitrogens with zero attached hydrogens (tertiary/aromatic N) is 2. The molecule has 0 aliphatic carbocycles. The molecule has 0 radical (unpaired) electrons. The van der Waals surface area contributed by atoms with Gasteiger partial charge in [0.15, 0.2) is 5.82 Å². The summed E-state index contributed by atoms with van der Waals surface area (Å²) in [4.78, 5) is 18.6. The van der Waals surface area contributed by atoms with Crippen molar-refractivity contribution in [1.82, 2.24) is 14.5 Å². The first kappa shape index (κ1) is 9.84.